The summed E-state index contributed by atoms with van der Waals surface area (Å²) >= 11 is 0. The average Bonchev–Trinajstić information content (AvgIpc) is 2.99. The maximum absolute atomic E-state index is 12.7. The zero-order chi connectivity index (χ0) is 21.7. The summed E-state index contributed by atoms with van der Waals surface area (Å²) < 4.78 is 5.14. The average molecular weight is 415 g/mol. The third-order valence-corrected chi connectivity index (χ3v) is 6.12. The SMILES string of the molecule is CCc1ccc(CC)c(C(=O)COC(=O)CCN2C(=O)NC3(CCCCC3)C2=O)c1. The first kappa shape index (κ1) is 22.0. The van der Waals surface area contributed by atoms with Crippen LogP contribution in [-0.2, 0) is 27.2 Å². The number of carbonyl (C=O) groups excluding carboxylic acids is 4. The van der Waals surface area contributed by atoms with Gasteiger partial charge in [-0.3, -0.25) is 19.3 Å². The number of ether oxygens (including phenoxy) is 1. The zero-order valence-corrected chi connectivity index (χ0v) is 17.8. The largest absolute Gasteiger partial charge is 0.457 e. The highest BCUT2D eigenvalue weighted by atomic mass is 16.5. The van der Waals surface area contributed by atoms with Crippen molar-refractivity contribution in [2.24, 2.45) is 0 Å². The standard InChI is InChI=1S/C23H30N2O5/c1-3-16-8-9-17(4-2)18(14-16)19(26)15-30-20(27)10-13-25-21(28)23(24-22(25)29)11-6-5-7-12-23/h8-9,14H,3-7,10-13,15H2,1-2H3,(H,24,29). The number of hydrogen-bond donors (Lipinski definition) is 1. The number of amides is 3. The minimum Gasteiger partial charge on any atom is -0.457 e. The second kappa shape index (κ2) is 9.41. The first-order valence-corrected chi connectivity index (χ1v) is 10.8. The number of imide groups is 1. The lowest BCUT2D eigenvalue weighted by molar-refractivity contribution is -0.143. The lowest BCUT2D eigenvalue weighted by Crippen LogP contribution is -2.48. The van der Waals surface area contributed by atoms with E-state index in [9.17, 15) is 19.2 Å². The van der Waals surface area contributed by atoms with Crippen LogP contribution in [0.1, 0.15) is 73.9 Å². The molecule has 1 N–H and O–H groups in total. The highest BCUT2D eigenvalue weighted by Gasteiger charge is 2.51. The molecule has 1 aliphatic carbocycles. The Morgan fingerprint density at radius 3 is 2.50 bits per heavy atom. The van der Waals surface area contributed by atoms with E-state index in [1.807, 2.05) is 32.0 Å². The summed E-state index contributed by atoms with van der Waals surface area (Å²) in [6.45, 7) is 3.61. The van der Waals surface area contributed by atoms with Crippen LogP contribution in [0.25, 0.3) is 0 Å². The van der Waals surface area contributed by atoms with Gasteiger partial charge < -0.3 is 10.1 Å². The molecule has 3 rings (SSSR count). The molecule has 2 aliphatic rings. The zero-order valence-electron chi connectivity index (χ0n) is 17.8. The van der Waals surface area contributed by atoms with Gasteiger partial charge in [0.15, 0.2) is 6.61 Å². The molecule has 1 spiro atoms. The number of rotatable bonds is 8. The smallest absolute Gasteiger partial charge is 0.325 e. The maximum Gasteiger partial charge on any atom is 0.325 e. The predicted octanol–water partition coefficient (Wildman–Crippen LogP) is 3.18. The van der Waals surface area contributed by atoms with E-state index in [4.69, 9.17) is 4.74 Å². The van der Waals surface area contributed by atoms with Gasteiger partial charge >= 0.3 is 12.0 Å². The summed E-state index contributed by atoms with van der Waals surface area (Å²) in [6.07, 6.45) is 5.56. The molecule has 1 saturated heterocycles. The molecule has 3 amide bonds. The molecule has 30 heavy (non-hydrogen) atoms. The first-order chi connectivity index (χ1) is 14.4. The van der Waals surface area contributed by atoms with E-state index < -0.39 is 17.5 Å². The molecule has 7 nitrogen and oxygen atoms in total. The second-order valence-corrected chi connectivity index (χ2v) is 8.06. The van der Waals surface area contributed by atoms with Gasteiger partial charge in [-0.05, 0) is 42.9 Å². The monoisotopic (exact) mass is 414 g/mol. The predicted molar refractivity (Wildman–Crippen MR) is 111 cm³/mol. The van der Waals surface area contributed by atoms with Gasteiger partial charge in [0.2, 0.25) is 5.78 Å². The molecule has 0 aromatic heterocycles. The number of benzene rings is 1. The van der Waals surface area contributed by atoms with Crippen LogP contribution >= 0.6 is 0 Å². The highest BCUT2D eigenvalue weighted by Crippen LogP contribution is 2.33. The molecule has 1 aliphatic heterocycles. The van der Waals surface area contributed by atoms with Gasteiger partial charge in [0.1, 0.15) is 5.54 Å². The Kier molecular flexibility index (Phi) is 6.90. The molecule has 1 heterocycles. The van der Waals surface area contributed by atoms with Gasteiger partial charge in [0.05, 0.1) is 6.42 Å². The highest BCUT2D eigenvalue weighted by molar-refractivity contribution is 6.07. The van der Waals surface area contributed by atoms with Crippen molar-refractivity contribution in [2.75, 3.05) is 13.2 Å². The molecule has 1 saturated carbocycles. The van der Waals surface area contributed by atoms with Crippen molar-refractivity contribution < 1.29 is 23.9 Å². The number of carbonyl (C=O) groups is 4. The minimum absolute atomic E-state index is 0.0367. The van der Waals surface area contributed by atoms with Crippen LogP contribution in [0, 0.1) is 0 Å². The van der Waals surface area contributed by atoms with Gasteiger partial charge in [-0.2, -0.15) is 0 Å². The number of esters is 1. The van der Waals surface area contributed by atoms with Crippen LogP contribution in [0.3, 0.4) is 0 Å². The molecule has 0 radical (unpaired) electrons. The Labute approximate surface area is 177 Å². The minimum atomic E-state index is -0.796. The van der Waals surface area contributed by atoms with Crippen molar-refractivity contribution in [3.63, 3.8) is 0 Å². The number of nitrogens with one attached hydrogen (secondary N) is 1. The molecule has 0 unspecified atom stereocenters. The molecular formula is C23H30N2O5. The van der Waals surface area contributed by atoms with Crippen molar-refractivity contribution in [1.29, 1.82) is 0 Å². The van der Waals surface area contributed by atoms with Crippen molar-refractivity contribution in [3.05, 3.63) is 34.9 Å². The number of aryl methyl sites for hydroxylation is 2. The van der Waals surface area contributed by atoms with E-state index in [2.05, 4.69) is 5.32 Å². The van der Waals surface area contributed by atoms with Gasteiger partial charge in [0.25, 0.3) is 5.91 Å². The van der Waals surface area contributed by atoms with E-state index in [0.29, 0.717) is 24.8 Å². The van der Waals surface area contributed by atoms with Crippen molar-refractivity contribution in [3.8, 4) is 0 Å². The number of hydrogen-bond acceptors (Lipinski definition) is 5. The Balaban J connectivity index is 1.52. The Hall–Kier alpha value is -2.70. The van der Waals surface area contributed by atoms with Gasteiger partial charge in [-0.15, -0.1) is 0 Å². The van der Waals surface area contributed by atoms with E-state index in [-0.39, 0.29) is 31.3 Å². The third kappa shape index (κ3) is 4.55. The van der Waals surface area contributed by atoms with Gasteiger partial charge in [-0.25, -0.2) is 4.79 Å². The van der Waals surface area contributed by atoms with E-state index in [1.54, 1.807) is 0 Å². The van der Waals surface area contributed by atoms with Gasteiger partial charge in [-0.1, -0.05) is 45.2 Å². The lowest BCUT2D eigenvalue weighted by atomic mass is 9.82. The topological polar surface area (TPSA) is 92.8 Å². The number of urea groups is 1. The van der Waals surface area contributed by atoms with Crippen LogP contribution in [-0.4, -0.2) is 47.3 Å². The fourth-order valence-electron chi connectivity index (χ4n) is 4.28. The van der Waals surface area contributed by atoms with Gasteiger partial charge in [0, 0.05) is 12.1 Å². The van der Waals surface area contributed by atoms with E-state index in [1.165, 1.54) is 0 Å². The third-order valence-electron chi connectivity index (χ3n) is 6.12. The fraction of sp³-hybridized carbons (Fsp3) is 0.565. The van der Waals surface area contributed by atoms with Crippen molar-refractivity contribution in [1.82, 2.24) is 10.2 Å². The summed E-state index contributed by atoms with van der Waals surface area (Å²) in [5.74, 6) is -1.09. The summed E-state index contributed by atoms with van der Waals surface area (Å²) in [6, 6.07) is 5.34. The lowest BCUT2D eigenvalue weighted by Gasteiger charge is -2.30. The molecule has 0 atom stereocenters. The van der Waals surface area contributed by atoms with E-state index >= 15 is 0 Å². The van der Waals surface area contributed by atoms with Crippen LogP contribution in [0.15, 0.2) is 18.2 Å². The van der Waals surface area contributed by atoms with Crippen molar-refractivity contribution in [2.45, 2.75) is 70.8 Å². The summed E-state index contributed by atoms with van der Waals surface area (Å²) in [5.41, 5.74) is 1.76. The van der Waals surface area contributed by atoms with Crippen LogP contribution in [0.2, 0.25) is 0 Å². The Bertz CT molecular complexity index is 842. The molecule has 1 aromatic rings. The molecule has 7 heteroatoms. The van der Waals surface area contributed by atoms with Crippen molar-refractivity contribution >= 4 is 23.7 Å². The van der Waals surface area contributed by atoms with Crippen LogP contribution in [0.4, 0.5) is 4.79 Å². The van der Waals surface area contributed by atoms with Crippen LogP contribution in [0.5, 0.6) is 0 Å². The molecule has 0 bridgehead atoms. The Morgan fingerprint density at radius 2 is 1.83 bits per heavy atom. The summed E-state index contributed by atoms with van der Waals surface area (Å²) in [7, 11) is 0. The van der Waals surface area contributed by atoms with E-state index in [0.717, 1.165) is 41.7 Å². The number of nitrogens with zero attached hydrogens (tertiary/aromatic N) is 1. The maximum atomic E-state index is 12.7. The number of Topliss-reactive ketones (excluding diaryl/α,β-unsaturated/α-hetero) is 1. The Morgan fingerprint density at radius 1 is 1.10 bits per heavy atom. The molecule has 1 aromatic carbocycles. The molecule has 2 fully saturated rings. The fourth-order valence-corrected chi connectivity index (χ4v) is 4.28. The normalized spacial score (nSPS) is 17.9. The number of ketones is 1. The first-order valence-electron chi connectivity index (χ1n) is 10.8. The summed E-state index contributed by atoms with van der Waals surface area (Å²) in [4.78, 5) is 50.8. The second-order valence-electron chi connectivity index (χ2n) is 8.06. The quantitative estimate of drug-likeness (QED) is 0.401. The molecule has 162 valence electrons. The molecular weight excluding hydrogens is 384 g/mol. The summed E-state index contributed by atoms with van der Waals surface area (Å²) in [5, 5.41) is 2.82. The van der Waals surface area contributed by atoms with Crippen LogP contribution < -0.4 is 5.32 Å².